The molecule has 1 aliphatic heterocycles. The molecule has 1 saturated heterocycles. The lowest BCUT2D eigenvalue weighted by Crippen LogP contribution is -2.51. The molecule has 1 aliphatic rings. The van der Waals surface area contributed by atoms with Gasteiger partial charge < -0.3 is 4.90 Å². The molecule has 0 N–H and O–H groups in total. The molecule has 0 spiro atoms. The third-order valence-electron chi connectivity index (χ3n) is 3.65. The van der Waals surface area contributed by atoms with Crippen LogP contribution in [0.15, 0.2) is 18.3 Å². The molecule has 0 amide bonds. The van der Waals surface area contributed by atoms with Gasteiger partial charge in [-0.2, -0.15) is 0 Å². The molecule has 4 nitrogen and oxygen atoms in total. The number of ketones is 1. The molecule has 0 radical (unpaired) electrons. The van der Waals surface area contributed by atoms with E-state index in [1.54, 1.807) is 13.1 Å². The number of aromatic nitrogens is 1. The molecule has 2 rings (SSSR count). The zero-order valence-corrected chi connectivity index (χ0v) is 11.4. The molecule has 98 valence electrons. The minimum Gasteiger partial charge on any atom is -0.354 e. The predicted molar refractivity (Wildman–Crippen MR) is 73.2 cm³/mol. The third kappa shape index (κ3) is 2.70. The fourth-order valence-electron chi connectivity index (χ4n) is 2.45. The van der Waals surface area contributed by atoms with Crippen LogP contribution in [0.2, 0.25) is 0 Å². The van der Waals surface area contributed by atoms with Crippen molar-refractivity contribution in [3.05, 3.63) is 23.9 Å². The number of hydrogen-bond donors (Lipinski definition) is 0. The number of anilines is 1. The molecule has 1 unspecified atom stereocenters. The summed E-state index contributed by atoms with van der Waals surface area (Å²) >= 11 is 0. The largest absolute Gasteiger partial charge is 0.354 e. The lowest BCUT2D eigenvalue weighted by Gasteiger charge is -2.39. The third-order valence-corrected chi connectivity index (χ3v) is 3.65. The Labute approximate surface area is 109 Å². The number of Topliss-reactive ketones (excluding diaryl/α,β-unsaturated/α-hetero) is 1. The van der Waals surface area contributed by atoms with Crippen LogP contribution >= 0.6 is 0 Å². The zero-order valence-electron chi connectivity index (χ0n) is 11.4. The Kier molecular flexibility index (Phi) is 3.97. The Morgan fingerprint density at radius 1 is 1.44 bits per heavy atom. The second-order valence-electron chi connectivity index (χ2n) is 4.88. The maximum absolute atomic E-state index is 11.2. The van der Waals surface area contributed by atoms with E-state index < -0.39 is 0 Å². The number of carbonyl (C=O) groups excluding carboxylic acids is 1. The van der Waals surface area contributed by atoms with Gasteiger partial charge >= 0.3 is 0 Å². The van der Waals surface area contributed by atoms with Crippen LogP contribution in [0.3, 0.4) is 0 Å². The maximum atomic E-state index is 11.2. The van der Waals surface area contributed by atoms with Gasteiger partial charge in [-0.05, 0) is 32.5 Å². The maximum Gasteiger partial charge on any atom is 0.161 e. The van der Waals surface area contributed by atoms with E-state index in [0.29, 0.717) is 11.6 Å². The van der Waals surface area contributed by atoms with Crippen molar-refractivity contribution in [3.8, 4) is 0 Å². The van der Waals surface area contributed by atoms with Gasteiger partial charge in [0.25, 0.3) is 0 Å². The van der Waals surface area contributed by atoms with Crippen LogP contribution < -0.4 is 4.90 Å². The summed E-state index contributed by atoms with van der Waals surface area (Å²) < 4.78 is 0. The summed E-state index contributed by atoms with van der Waals surface area (Å²) in [5.41, 5.74) is 0.680. The van der Waals surface area contributed by atoms with Gasteiger partial charge in [-0.25, -0.2) is 4.98 Å². The van der Waals surface area contributed by atoms with Crippen LogP contribution in [0.4, 0.5) is 5.82 Å². The first-order valence-electron chi connectivity index (χ1n) is 6.57. The Hall–Kier alpha value is -1.42. The smallest absolute Gasteiger partial charge is 0.161 e. The van der Waals surface area contributed by atoms with Gasteiger partial charge in [-0.15, -0.1) is 0 Å². The van der Waals surface area contributed by atoms with Crippen molar-refractivity contribution in [2.45, 2.75) is 26.8 Å². The molecule has 1 aromatic rings. The normalized spacial score (nSPS) is 21.1. The first-order chi connectivity index (χ1) is 8.61. The van der Waals surface area contributed by atoms with Crippen LogP contribution in [0.1, 0.15) is 31.1 Å². The number of nitrogens with zero attached hydrogens (tertiary/aromatic N) is 3. The Balaban J connectivity index is 2.06. The molecular weight excluding hydrogens is 226 g/mol. The van der Waals surface area contributed by atoms with Gasteiger partial charge in [-0.3, -0.25) is 9.69 Å². The van der Waals surface area contributed by atoms with Gasteiger partial charge in [0.05, 0.1) is 0 Å². The van der Waals surface area contributed by atoms with Crippen molar-refractivity contribution in [1.29, 1.82) is 0 Å². The lowest BCUT2D eigenvalue weighted by atomic mass is 10.1. The molecule has 2 heterocycles. The topological polar surface area (TPSA) is 36.4 Å². The highest BCUT2D eigenvalue weighted by molar-refractivity contribution is 5.93. The first kappa shape index (κ1) is 13.0. The van der Waals surface area contributed by atoms with E-state index in [9.17, 15) is 4.79 Å². The predicted octanol–water partition coefficient (Wildman–Crippen LogP) is 1.81. The zero-order chi connectivity index (χ0) is 13.1. The standard InChI is InChI=1S/C14H21N3O/c1-4-16-7-8-17(10-11(16)2)14-6-5-13(9-15-14)12(3)18/h5-6,9,11H,4,7-8,10H2,1-3H3. The van der Waals surface area contributed by atoms with Gasteiger partial charge in [0.15, 0.2) is 5.78 Å². The molecule has 1 atom stereocenters. The second kappa shape index (κ2) is 5.48. The fourth-order valence-corrected chi connectivity index (χ4v) is 2.45. The van der Waals surface area contributed by atoms with Crippen molar-refractivity contribution in [2.75, 3.05) is 31.1 Å². The summed E-state index contributed by atoms with van der Waals surface area (Å²) in [5, 5.41) is 0. The van der Waals surface area contributed by atoms with Crippen LogP contribution in [0, 0.1) is 0 Å². The van der Waals surface area contributed by atoms with Crippen molar-refractivity contribution in [2.24, 2.45) is 0 Å². The number of likely N-dealkylation sites (N-methyl/N-ethyl adjacent to an activating group) is 1. The SMILES string of the molecule is CCN1CCN(c2ccc(C(C)=O)cn2)CC1C. The van der Waals surface area contributed by atoms with Gasteiger partial charge in [-0.1, -0.05) is 6.92 Å². The van der Waals surface area contributed by atoms with Crippen LogP contribution in [-0.4, -0.2) is 47.9 Å². The number of hydrogen-bond acceptors (Lipinski definition) is 4. The summed E-state index contributed by atoms with van der Waals surface area (Å²) in [6.07, 6.45) is 1.68. The van der Waals surface area contributed by atoms with Crippen LogP contribution in [0.5, 0.6) is 0 Å². The van der Waals surface area contributed by atoms with E-state index >= 15 is 0 Å². The summed E-state index contributed by atoms with van der Waals surface area (Å²) in [4.78, 5) is 20.4. The number of rotatable bonds is 3. The highest BCUT2D eigenvalue weighted by Gasteiger charge is 2.22. The number of carbonyl (C=O) groups is 1. The summed E-state index contributed by atoms with van der Waals surface area (Å²) in [5.74, 6) is 1.04. The Bertz CT molecular complexity index is 416. The molecule has 0 bridgehead atoms. The molecule has 0 aliphatic carbocycles. The first-order valence-corrected chi connectivity index (χ1v) is 6.57. The molecule has 1 aromatic heterocycles. The summed E-state index contributed by atoms with van der Waals surface area (Å²) in [6.45, 7) is 10.2. The van der Waals surface area contributed by atoms with Crippen molar-refractivity contribution in [3.63, 3.8) is 0 Å². The minimum absolute atomic E-state index is 0.0678. The lowest BCUT2D eigenvalue weighted by molar-refractivity contribution is 0.101. The van der Waals surface area contributed by atoms with E-state index in [-0.39, 0.29) is 5.78 Å². The van der Waals surface area contributed by atoms with Crippen LogP contribution in [0.25, 0.3) is 0 Å². The molecule has 0 aromatic carbocycles. The Morgan fingerprint density at radius 2 is 2.22 bits per heavy atom. The number of piperazine rings is 1. The van der Waals surface area contributed by atoms with E-state index in [2.05, 4.69) is 28.6 Å². The number of pyridine rings is 1. The van der Waals surface area contributed by atoms with Gasteiger partial charge in [0, 0.05) is 37.4 Å². The molecular formula is C14H21N3O. The molecule has 18 heavy (non-hydrogen) atoms. The quantitative estimate of drug-likeness (QED) is 0.763. The van der Waals surface area contributed by atoms with E-state index in [1.165, 1.54) is 0 Å². The second-order valence-corrected chi connectivity index (χ2v) is 4.88. The monoisotopic (exact) mass is 247 g/mol. The van der Waals surface area contributed by atoms with Gasteiger partial charge in [0.1, 0.15) is 5.82 Å². The fraction of sp³-hybridized carbons (Fsp3) is 0.571. The van der Waals surface area contributed by atoms with Crippen molar-refractivity contribution < 1.29 is 4.79 Å². The minimum atomic E-state index is 0.0678. The molecule has 0 saturated carbocycles. The van der Waals surface area contributed by atoms with E-state index in [0.717, 1.165) is 32.0 Å². The van der Waals surface area contributed by atoms with Crippen LogP contribution in [-0.2, 0) is 0 Å². The van der Waals surface area contributed by atoms with E-state index in [1.807, 2.05) is 12.1 Å². The van der Waals surface area contributed by atoms with E-state index in [4.69, 9.17) is 0 Å². The molecule has 4 heteroatoms. The average molecular weight is 247 g/mol. The average Bonchev–Trinajstić information content (AvgIpc) is 2.38. The summed E-state index contributed by atoms with van der Waals surface area (Å²) in [6, 6.07) is 4.37. The highest BCUT2D eigenvalue weighted by atomic mass is 16.1. The summed E-state index contributed by atoms with van der Waals surface area (Å²) in [7, 11) is 0. The van der Waals surface area contributed by atoms with Crippen molar-refractivity contribution in [1.82, 2.24) is 9.88 Å². The van der Waals surface area contributed by atoms with Crippen molar-refractivity contribution >= 4 is 11.6 Å². The molecule has 1 fully saturated rings. The Morgan fingerprint density at radius 3 is 2.72 bits per heavy atom. The van der Waals surface area contributed by atoms with Gasteiger partial charge in [0.2, 0.25) is 0 Å². The highest BCUT2D eigenvalue weighted by Crippen LogP contribution is 2.17.